The van der Waals surface area contributed by atoms with Crippen molar-refractivity contribution < 1.29 is 17.9 Å². The van der Waals surface area contributed by atoms with Gasteiger partial charge in [-0.25, -0.2) is 4.83 Å². The Balaban J connectivity index is 2.18. The molecule has 0 atom stereocenters. The zero-order valence-corrected chi connectivity index (χ0v) is 14.6. The SMILES string of the molecule is CCOc1ccc(OC)c(/C=N/NS(=O)(=O)c2ccc(C)cc2)c1. The molecule has 0 aromatic heterocycles. The van der Waals surface area contributed by atoms with Crippen LogP contribution in [0.2, 0.25) is 0 Å². The van der Waals surface area contributed by atoms with Crippen LogP contribution in [0.4, 0.5) is 0 Å². The molecule has 6 nitrogen and oxygen atoms in total. The van der Waals surface area contributed by atoms with Gasteiger partial charge in [-0.2, -0.15) is 13.5 Å². The number of methoxy groups -OCH3 is 1. The number of rotatable bonds is 7. The molecule has 7 heteroatoms. The highest BCUT2D eigenvalue weighted by Crippen LogP contribution is 2.22. The van der Waals surface area contributed by atoms with Gasteiger partial charge in [0.25, 0.3) is 10.0 Å². The number of nitrogens with zero attached hydrogens (tertiary/aromatic N) is 1. The summed E-state index contributed by atoms with van der Waals surface area (Å²) in [5, 5.41) is 3.82. The van der Waals surface area contributed by atoms with Gasteiger partial charge in [-0.15, -0.1) is 0 Å². The maximum absolute atomic E-state index is 12.2. The van der Waals surface area contributed by atoms with Gasteiger partial charge in [0.1, 0.15) is 11.5 Å². The number of nitrogens with one attached hydrogen (secondary N) is 1. The molecule has 0 aliphatic rings. The predicted molar refractivity (Wildman–Crippen MR) is 93.3 cm³/mol. The Labute approximate surface area is 142 Å². The second kappa shape index (κ2) is 7.83. The van der Waals surface area contributed by atoms with Gasteiger partial charge in [0, 0.05) is 5.56 Å². The lowest BCUT2D eigenvalue weighted by molar-refractivity contribution is 0.339. The zero-order chi connectivity index (χ0) is 17.6. The van der Waals surface area contributed by atoms with E-state index < -0.39 is 10.0 Å². The summed E-state index contributed by atoms with van der Waals surface area (Å²) < 4.78 is 35.0. The Morgan fingerprint density at radius 2 is 1.88 bits per heavy atom. The van der Waals surface area contributed by atoms with Crippen molar-refractivity contribution in [1.82, 2.24) is 4.83 Å². The topological polar surface area (TPSA) is 77.0 Å². The molecule has 0 saturated heterocycles. The van der Waals surface area contributed by atoms with Crippen molar-refractivity contribution in [3.05, 3.63) is 53.6 Å². The van der Waals surface area contributed by atoms with Crippen molar-refractivity contribution in [2.45, 2.75) is 18.7 Å². The summed E-state index contributed by atoms with van der Waals surface area (Å²) >= 11 is 0. The highest BCUT2D eigenvalue weighted by Gasteiger charge is 2.12. The number of hydrogen-bond acceptors (Lipinski definition) is 5. The second-order valence-corrected chi connectivity index (χ2v) is 6.66. The molecule has 0 aliphatic carbocycles. The van der Waals surface area contributed by atoms with Crippen LogP contribution in [0, 0.1) is 6.92 Å². The molecule has 128 valence electrons. The third-order valence-electron chi connectivity index (χ3n) is 3.22. The van der Waals surface area contributed by atoms with E-state index in [-0.39, 0.29) is 4.90 Å². The molecule has 1 N–H and O–H groups in total. The largest absolute Gasteiger partial charge is 0.496 e. The van der Waals surface area contributed by atoms with Crippen molar-refractivity contribution in [2.24, 2.45) is 5.10 Å². The second-order valence-electron chi connectivity index (χ2n) is 5.00. The molecule has 0 unspecified atom stereocenters. The Morgan fingerprint density at radius 1 is 1.17 bits per heavy atom. The monoisotopic (exact) mass is 348 g/mol. The first-order valence-electron chi connectivity index (χ1n) is 7.38. The molecular weight excluding hydrogens is 328 g/mol. The lowest BCUT2D eigenvalue weighted by atomic mass is 10.2. The Morgan fingerprint density at radius 3 is 2.50 bits per heavy atom. The summed E-state index contributed by atoms with van der Waals surface area (Å²) in [5.41, 5.74) is 1.59. The fourth-order valence-electron chi connectivity index (χ4n) is 2.01. The quantitative estimate of drug-likeness (QED) is 0.616. The third kappa shape index (κ3) is 4.48. The molecule has 0 heterocycles. The summed E-state index contributed by atoms with van der Waals surface area (Å²) in [6.45, 7) is 4.30. The van der Waals surface area contributed by atoms with Crippen molar-refractivity contribution >= 4 is 16.2 Å². The number of hydrogen-bond donors (Lipinski definition) is 1. The third-order valence-corrected chi connectivity index (χ3v) is 4.46. The van der Waals surface area contributed by atoms with E-state index >= 15 is 0 Å². The van der Waals surface area contributed by atoms with Crippen LogP contribution in [0.15, 0.2) is 52.5 Å². The maximum atomic E-state index is 12.2. The molecular formula is C17H20N2O4S. The van der Waals surface area contributed by atoms with Crippen LogP contribution in [-0.4, -0.2) is 28.3 Å². The summed E-state index contributed by atoms with van der Waals surface area (Å²) in [6, 6.07) is 11.8. The van der Waals surface area contributed by atoms with E-state index in [1.165, 1.54) is 25.5 Å². The van der Waals surface area contributed by atoms with Gasteiger partial charge in [-0.1, -0.05) is 17.7 Å². The van der Waals surface area contributed by atoms with E-state index in [9.17, 15) is 8.42 Å². The van der Waals surface area contributed by atoms with Crippen LogP contribution in [0.3, 0.4) is 0 Å². The van der Waals surface area contributed by atoms with Crippen molar-refractivity contribution in [1.29, 1.82) is 0 Å². The van der Waals surface area contributed by atoms with Crippen LogP contribution in [0.5, 0.6) is 11.5 Å². The van der Waals surface area contributed by atoms with Gasteiger partial charge in [-0.3, -0.25) is 0 Å². The summed E-state index contributed by atoms with van der Waals surface area (Å²) in [4.78, 5) is 2.34. The molecule has 0 bridgehead atoms. The molecule has 0 aliphatic heterocycles. The van der Waals surface area contributed by atoms with Gasteiger partial charge >= 0.3 is 0 Å². The average Bonchev–Trinajstić information content (AvgIpc) is 2.56. The number of hydrazone groups is 1. The van der Waals surface area contributed by atoms with Crippen LogP contribution in [0.25, 0.3) is 0 Å². The molecule has 0 fully saturated rings. The van der Waals surface area contributed by atoms with Crippen LogP contribution in [-0.2, 0) is 10.0 Å². The van der Waals surface area contributed by atoms with E-state index in [0.29, 0.717) is 23.7 Å². The van der Waals surface area contributed by atoms with Crippen LogP contribution >= 0.6 is 0 Å². The number of sulfonamides is 1. The Kier molecular flexibility index (Phi) is 5.81. The lowest BCUT2D eigenvalue weighted by Gasteiger charge is -2.08. The number of aryl methyl sites for hydroxylation is 1. The smallest absolute Gasteiger partial charge is 0.276 e. The lowest BCUT2D eigenvalue weighted by Crippen LogP contribution is -2.18. The molecule has 0 spiro atoms. The van der Waals surface area contributed by atoms with Crippen LogP contribution in [0.1, 0.15) is 18.1 Å². The van der Waals surface area contributed by atoms with Gasteiger partial charge in [0.2, 0.25) is 0 Å². The van der Waals surface area contributed by atoms with Gasteiger partial charge in [0.15, 0.2) is 0 Å². The summed E-state index contributed by atoms with van der Waals surface area (Å²) in [6.07, 6.45) is 1.38. The molecule has 0 saturated carbocycles. The minimum absolute atomic E-state index is 0.153. The summed E-state index contributed by atoms with van der Waals surface area (Å²) in [7, 11) is -2.18. The molecule has 2 aromatic carbocycles. The van der Waals surface area contributed by atoms with E-state index in [4.69, 9.17) is 9.47 Å². The van der Waals surface area contributed by atoms with E-state index in [1.54, 1.807) is 30.3 Å². The highest BCUT2D eigenvalue weighted by atomic mass is 32.2. The van der Waals surface area contributed by atoms with Gasteiger partial charge in [-0.05, 0) is 44.2 Å². The Bertz CT molecular complexity index is 815. The molecule has 2 aromatic rings. The first kappa shape index (κ1) is 17.8. The highest BCUT2D eigenvalue weighted by molar-refractivity contribution is 7.89. The molecule has 0 amide bonds. The number of benzene rings is 2. The van der Waals surface area contributed by atoms with E-state index in [0.717, 1.165) is 5.56 Å². The molecule has 24 heavy (non-hydrogen) atoms. The van der Waals surface area contributed by atoms with Crippen molar-refractivity contribution in [3.8, 4) is 11.5 Å². The van der Waals surface area contributed by atoms with Crippen molar-refractivity contribution in [2.75, 3.05) is 13.7 Å². The van der Waals surface area contributed by atoms with Gasteiger partial charge in [0.05, 0.1) is 24.8 Å². The maximum Gasteiger partial charge on any atom is 0.276 e. The predicted octanol–water partition coefficient (Wildman–Crippen LogP) is 2.71. The number of ether oxygens (including phenoxy) is 2. The minimum Gasteiger partial charge on any atom is -0.496 e. The van der Waals surface area contributed by atoms with Crippen LogP contribution < -0.4 is 14.3 Å². The van der Waals surface area contributed by atoms with Crippen molar-refractivity contribution in [3.63, 3.8) is 0 Å². The average molecular weight is 348 g/mol. The molecule has 2 rings (SSSR count). The minimum atomic E-state index is -3.71. The fraction of sp³-hybridized carbons (Fsp3) is 0.235. The van der Waals surface area contributed by atoms with E-state index in [1.807, 2.05) is 13.8 Å². The summed E-state index contributed by atoms with van der Waals surface area (Å²) in [5.74, 6) is 1.22. The fourth-order valence-corrected chi connectivity index (χ4v) is 2.80. The van der Waals surface area contributed by atoms with Gasteiger partial charge < -0.3 is 9.47 Å². The zero-order valence-electron chi connectivity index (χ0n) is 13.8. The standard InChI is InChI=1S/C17H20N2O4S/c1-4-23-15-7-10-17(22-3)14(11-15)12-18-19-24(20,21)16-8-5-13(2)6-9-16/h5-12,19H,4H2,1-3H3/b18-12+. The first-order chi connectivity index (χ1) is 11.5. The normalized spacial score (nSPS) is 11.5. The Hall–Kier alpha value is -2.54. The van der Waals surface area contributed by atoms with E-state index in [2.05, 4.69) is 9.93 Å². The molecule has 0 radical (unpaired) electrons. The first-order valence-corrected chi connectivity index (χ1v) is 8.87.